The van der Waals surface area contributed by atoms with Crippen LogP contribution in [0.2, 0.25) is 0 Å². The van der Waals surface area contributed by atoms with Gasteiger partial charge in [0.15, 0.2) is 0 Å². The van der Waals surface area contributed by atoms with Crippen molar-refractivity contribution < 1.29 is 19.8 Å². The van der Waals surface area contributed by atoms with Gasteiger partial charge in [0, 0.05) is 18.7 Å². The van der Waals surface area contributed by atoms with E-state index in [1.165, 1.54) is 0 Å². The first-order valence-electron chi connectivity index (χ1n) is 5.94. The molecule has 0 aliphatic rings. The Bertz CT molecular complexity index is 507. The van der Waals surface area contributed by atoms with Gasteiger partial charge in [0.1, 0.15) is 6.04 Å². The van der Waals surface area contributed by atoms with Gasteiger partial charge in [-0.05, 0) is 17.7 Å². The maximum atomic E-state index is 11.6. The highest BCUT2D eigenvalue weighted by Crippen LogP contribution is 2.09. The molecule has 106 valence electrons. The molecule has 2 amide bonds. The summed E-state index contributed by atoms with van der Waals surface area (Å²) in [5.74, 6) is -1.21. The smallest absolute Gasteiger partial charge is 0.326 e. The molecule has 1 atom stereocenters. The van der Waals surface area contributed by atoms with Crippen molar-refractivity contribution in [2.45, 2.75) is 18.9 Å². The van der Waals surface area contributed by atoms with Gasteiger partial charge in [-0.15, -0.1) is 0 Å². The van der Waals surface area contributed by atoms with Gasteiger partial charge in [-0.25, -0.2) is 9.59 Å². The van der Waals surface area contributed by atoms with E-state index >= 15 is 0 Å². The highest BCUT2D eigenvalue weighted by atomic mass is 16.4. The summed E-state index contributed by atoms with van der Waals surface area (Å²) >= 11 is 0. The minimum Gasteiger partial charge on any atom is -0.480 e. The molecule has 0 spiro atoms. The van der Waals surface area contributed by atoms with Crippen molar-refractivity contribution in [3.63, 3.8) is 0 Å². The maximum absolute atomic E-state index is 11.6. The zero-order valence-corrected chi connectivity index (χ0v) is 10.7. The average Bonchev–Trinajstić information content (AvgIpc) is 2.40. The summed E-state index contributed by atoms with van der Waals surface area (Å²) < 4.78 is 0. The van der Waals surface area contributed by atoms with Crippen LogP contribution < -0.4 is 10.6 Å². The largest absolute Gasteiger partial charge is 0.480 e. The molecular weight excluding hydrogens is 262 g/mol. The third-order valence-electron chi connectivity index (χ3n) is 2.52. The van der Waals surface area contributed by atoms with Crippen LogP contribution in [0.4, 0.5) is 10.5 Å². The fraction of sp³-hybridized carbons (Fsp3) is 0.308. The molecule has 0 aliphatic heterocycles. The van der Waals surface area contributed by atoms with Crippen LogP contribution in [0.5, 0.6) is 0 Å². The molecule has 0 aliphatic carbocycles. The minimum absolute atomic E-state index is 0.0656. The molecule has 7 heteroatoms. The van der Waals surface area contributed by atoms with Crippen LogP contribution in [0.3, 0.4) is 0 Å². The van der Waals surface area contributed by atoms with Crippen molar-refractivity contribution in [1.82, 2.24) is 5.32 Å². The highest BCUT2D eigenvalue weighted by molar-refractivity contribution is 5.92. The zero-order chi connectivity index (χ0) is 15.0. The van der Waals surface area contributed by atoms with Gasteiger partial charge >= 0.3 is 12.0 Å². The maximum Gasteiger partial charge on any atom is 0.326 e. The molecule has 0 radical (unpaired) electrons. The second-order valence-electron chi connectivity index (χ2n) is 4.03. The Labute approximate surface area is 115 Å². The minimum atomic E-state index is -1.21. The number of aliphatic carboxylic acids is 1. The van der Waals surface area contributed by atoms with Gasteiger partial charge in [-0.1, -0.05) is 12.1 Å². The molecule has 0 saturated heterocycles. The number of aliphatic hydroxyl groups excluding tert-OH is 1. The molecule has 4 N–H and O–H groups in total. The topological polar surface area (TPSA) is 122 Å². The number of carboxylic acids is 1. The Hall–Kier alpha value is -2.59. The second-order valence-corrected chi connectivity index (χ2v) is 4.03. The lowest BCUT2D eigenvalue weighted by atomic mass is 10.1. The van der Waals surface area contributed by atoms with E-state index in [2.05, 4.69) is 10.6 Å². The number of carbonyl (C=O) groups is 2. The molecule has 1 aromatic carbocycles. The number of nitrogens with zero attached hydrogens (tertiary/aromatic N) is 1. The zero-order valence-electron chi connectivity index (χ0n) is 10.7. The Balaban J connectivity index is 2.57. The molecule has 0 heterocycles. The molecule has 7 nitrogen and oxygen atoms in total. The van der Waals surface area contributed by atoms with Crippen LogP contribution in [-0.4, -0.2) is 34.9 Å². The number of rotatable bonds is 6. The number of nitrogens with one attached hydrogen (secondary N) is 2. The van der Waals surface area contributed by atoms with E-state index < -0.39 is 18.0 Å². The predicted molar refractivity (Wildman–Crippen MR) is 71.0 cm³/mol. The lowest BCUT2D eigenvalue weighted by molar-refractivity contribution is -0.139. The summed E-state index contributed by atoms with van der Waals surface area (Å²) in [6.07, 6.45) is 0.216. The van der Waals surface area contributed by atoms with Gasteiger partial charge in [-0.3, -0.25) is 0 Å². The predicted octanol–water partition coefficient (Wildman–Crippen LogP) is 0.710. The van der Waals surface area contributed by atoms with Crippen molar-refractivity contribution in [2.75, 3.05) is 11.9 Å². The molecular formula is C13H15N3O4. The first-order valence-corrected chi connectivity index (χ1v) is 5.94. The monoisotopic (exact) mass is 277 g/mol. The number of nitriles is 1. The number of aliphatic hydroxyl groups is 1. The number of carbonyl (C=O) groups excluding carboxylic acids is 1. The summed E-state index contributed by atoms with van der Waals surface area (Å²) in [5, 5.41) is 30.8. The summed E-state index contributed by atoms with van der Waals surface area (Å²) in [6, 6.07) is 6.83. The van der Waals surface area contributed by atoms with E-state index in [-0.39, 0.29) is 19.4 Å². The van der Waals surface area contributed by atoms with Crippen molar-refractivity contribution in [2.24, 2.45) is 0 Å². The highest BCUT2D eigenvalue weighted by Gasteiger charge is 2.18. The summed E-state index contributed by atoms with van der Waals surface area (Å²) in [6.45, 7) is -0.333. The van der Waals surface area contributed by atoms with Gasteiger partial charge in [0.25, 0.3) is 0 Å². The van der Waals surface area contributed by atoms with Crippen molar-refractivity contribution >= 4 is 17.7 Å². The molecule has 20 heavy (non-hydrogen) atoms. The van der Waals surface area contributed by atoms with E-state index in [0.29, 0.717) is 5.69 Å². The number of anilines is 1. The fourth-order valence-corrected chi connectivity index (χ4v) is 1.51. The lowest BCUT2D eigenvalue weighted by Crippen LogP contribution is -2.43. The van der Waals surface area contributed by atoms with Crippen molar-refractivity contribution in [1.29, 1.82) is 5.26 Å². The van der Waals surface area contributed by atoms with Gasteiger partial charge in [0.2, 0.25) is 0 Å². The fourth-order valence-electron chi connectivity index (χ4n) is 1.51. The molecule has 0 aromatic heterocycles. The van der Waals surface area contributed by atoms with Crippen LogP contribution in [0.25, 0.3) is 0 Å². The van der Waals surface area contributed by atoms with Crippen molar-refractivity contribution in [3.05, 3.63) is 29.8 Å². The van der Waals surface area contributed by atoms with Gasteiger partial charge in [-0.2, -0.15) is 5.26 Å². The van der Waals surface area contributed by atoms with Crippen LogP contribution in [0.1, 0.15) is 12.0 Å². The molecule has 0 unspecified atom stereocenters. The average molecular weight is 277 g/mol. The Morgan fingerprint density at radius 1 is 1.30 bits per heavy atom. The van der Waals surface area contributed by atoms with Crippen LogP contribution >= 0.6 is 0 Å². The Kier molecular flexibility index (Phi) is 6.00. The number of hydrogen-bond acceptors (Lipinski definition) is 4. The van der Waals surface area contributed by atoms with Crippen molar-refractivity contribution in [3.8, 4) is 6.07 Å². The van der Waals surface area contributed by atoms with Crippen LogP contribution in [0.15, 0.2) is 24.3 Å². The molecule has 0 bridgehead atoms. The normalized spacial score (nSPS) is 11.2. The second kappa shape index (κ2) is 7.76. The summed E-state index contributed by atoms with van der Waals surface area (Å²) in [7, 11) is 0. The van der Waals surface area contributed by atoms with Crippen LogP contribution in [-0.2, 0) is 11.2 Å². The van der Waals surface area contributed by atoms with E-state index in [0.717, 1.165) is 5.56 Å². The Morgan fingerprint density at radius 2 is 1.95 bits per heavy atom. The molecule has 1 rings (SSSR count). The van der Waals surface area contributed by atoms with E-state index in [4.69, 9.17) is 15.5 Å². The number of benzene rings is 1. The van der Waals surface area contributed by atoms with Gasteiger partial charge < -0.3 is 20.8 Å². The lowest BCUT2D eigenvalue weighted by Gasteiger charge is -2.14. The third-order valence-corrected chi connectivity index (χ3v) is 2.52. The molecule has 1 aromatic rings. The number of carboxylic acid groups (broad SMARTS) is 1. The number of urea groups is 1. The first kappa shape index (κ1) is 15.5. The molecule has 0 fully saturated rings. The Morgan fingerprint density at radius 3 is 2.45 bits per heavy atom. The van der Waals surface area contributed by atoms with E-state index in [1.807, 2.05) is 6.07 Å². The first-order chi connectivity index (χ1) is 9.56. The number of amides is 2. The van der Waals surface area contributed by atoms with E-state index in [9.17, 15) is 9.59 Å². The van der Waals surface area contributed by atoms with Gasteiger partial charge in [0.05, 0.1) is 12.5 Å². The van der Waals surface area contributed by atoms with E-state index in [1.54, 1.807) is 24.3 Å². The quantitative estimate of drug-likeness (QED) is 0.610. The summed E-state index contributed by atoms with van der Waals surface area (Å²) in [5.41, 5.74) is 1.31. The SMILES string of the molecule is N#CCc1ccc(NC(=O)N[C@H](CCO)C(=O)O)cc1. The standard InChI is InChI=1S/C13H15N3O4/c14-7-5-9-1-3-10(4-2-9)15-13(20)16-11(6-8-17)12(18)19/h1-4,11,17H,5-6,8H2,(H,18,19)(H2,15,16,20)/t11-/m1/s1. The molecule has 0 saturated carbocycles. The number of hydrogen-bond donors (Lipinski definition) is 4. The summed E-state index contributed by atoms with van der Waals surface area (Å²) in [4.78, 5) is 22.4. The van der Waals surface area contributed by atoms with Crippen LogP contribution in [0, 0.1) is 11.3 Å². The third kappa shape index (κ3) is 4.96.